The molecule has 2 N–H and O–H groups in total. The van der Waals surface area contributed by atoms with Crippen LogP contribution in [0.15, 0.2) is 12.3 Å². The summed E-state index contributed by atoms with van der Waals surface area (Å²) in [6.07, 6.45) is 5.00. The largest absolute Gasteiger partial charge is 0.365 e. The molecule has 5 nitrogen and oxygen atoms in total. The van der Waals surface area contributed by atoms with Crippen LogP contribution in [-0.2, 0) is 0 Å². The van der Waals surface area contributed by atoms with Gasteiger partial charge in [-0.1, -0.05) is 0 Å². The van der Waals surface area contributed by atoms with Gasteiger partial charge in [-0.3, -0.25) is 4.79 Å². The van der Waals surface area contributed by atoms with E-state index < -0.39 is 5.91 Å². The fourth-order valence-corrected chi connectivity index (χ4v) is 1.86. The second-order valence-electron chi connectivity index (χ2n) is 3.68. The summed E-state index contributed by atoms with van der Waals surface area (Å²) in [6, 6.07) is 1.62. The van der Waals surface area contributed by atoms with E-state index in [1.807, 2.05) is 0 Å². The minimum Gasteiger partial charge on any atom is -0.365 e. The zero-order valence-corrected chi connectivity index (χ0v) is 8.52. The molecule has 0 saturated carbocycles. The number of rotatable bonds is 2. The number of primary amides is 1. The number of carbonyl (C=O) groups is 1. The van der Waals surface area contributed by atoms with E-state index in [9.17, 15) is 4.79 Å². The SMILES string of the molecule is NC(=O)c1ccnnc1N1CCCCC1. The van der Waals surface area contributed by atoms with E-state index in [0.29, 0.717) is 11.4 Å². The van der Waals surface area contributed by atoms with Gasteiger partial charge >= 0.3 is 0 Å². The predicted octanol–water partition coefficient (Wildman–Crippen LogP) is 0.566. The maximum absolute atomic E-state index is 11.2. The maximum atomic E-state index is 11.2. The number of aromatic nitrogens is 2. The van der Waals surface area contributed by atoms with Crippen molar-refractivity contribution in [3.05, 3.63) is 17.8 Å². The molecule has 0 atom stereocenters. The van der Waals surface area contributed by atoms with Crippen LogP contribution in [0.5, 0.6) is 0 Å². The average Bonchev–Trinajstić information content (AvgIpc) is 2.30. The predicted molar refractivity (Wildman–Crippen MR) is 56.6 cm³/mol. The van der Waals surface area contributed by atoms with Crippen molar-refractivity contribution in [3.8, 4) is 0 Å². The molecule has 80 valence electrons. The second kappa shape index (κ2) is 4.25. The summed E-state index contributed by atoms with van der Waals surface area (Å²) in [5.74, 6) is 0.190. The zero-order valence-electron chi connectivity index (χ0n) is 8.52. The lowest BCUT2D eigenvalue weighted by molar-refractivity contribution is 0.1000. The molecule has 1 amide bonds. The second-order valence-corrected chi connectivity index (χ2v) is 3.68. The minimum absolute atomic E-state index is 0.439. The van der Waals surface area contributed by atoms with Gasteiger partial charge in [0.2, 0.25) is 0 Å². The molecule has 2 heterocycles. The van der Waals surface area contributed by atoms with Crippen LogP contribution < -0.4 is 10.6 Å². The molecule has 0 radical (unpaired) electrons. The fraction of sp³-hybridized carbons (Fsp3) is 0.500. The van der Waals surface area contributed by atoms with Gasteiger partial charge in [0.1, 0.15) is 0 Å². The Labute approximate surface area is 88.3 Å². The van der Waals surface area contributed by atoms with Gasteiger partial charge in [0, 0.05) is 13.1 Å². The van der Waals surface area contributed by atoms with Crippen LogP contribution in [0.1, 0.15) is 29.6 Å². The van der Waals surface area contributed by atoms with E-state index in [1.165, 1.54) is 12.6 Å². The Kier molecular flexibility index (Phi) is 2.80. The van der Waals surface area contributed by atoms with E-state index in [1.54, 1.807) is 6.07 Å². The molecule has 1 saturated heterocycles. The summed E-state index contributed by atoms with van der Waals surface area (Å²) in [6.45, 7) is 1.86. The van der Waals surface area contributed by atoms with Crippen molar-refractivity contribution in [2.45, 2.75) is 19.3 Å². The molecule has 1 aliphatic heterocycles. The summed E-state index contributed by atoms with van der Waals surface area (Å²) in [5, 5.41) is 7.80. The fourth-order valence-electron chi connectivity index (χ4n) is 1.86. The van der Waals surface area contributed by atoms with Gasteiger partial charge in [-0.05, 0) is 25.3 Å². The zero-order chi connectivity index (χ0) is 10.7. The monoisotopic (exact) mass is 206 g/mol. The Morgan fingerprint density at radius 2 is 2.07 bits per heavy atom. The highest BCUT2D eigenvalue weighted by Gasteiger charge is 2.18. The first-order chi connectivity index (χ1) is 7.29. The van der Waals surface area contributed by atoms with Gasteiger partial charge in [0.15, 0.2) is 5.82 Å². The third-order valence-corrected chi connectivity index (χ3v) is 2.62. The first-order valence-corrected chi connectivity index (χ1v) is 5.15. The van der Waals surface area contributed by atoms with Crippen molar-refractivity contribution < 1.29 is 4.79 Å². The van der Waals surface area contributed by atoms with Crippen molar-refractivity contribution in [1.29, 1.82) is 0 Å². The third kappa shape index (κ3) is 2.06. The Balaban J connectivity index is 2.29. The van der Waals surface area contributed by atoms with Crippen LogP contribution >= 0.6 is 0 Å². The lowest BCUT2D eigenvalue weighted by Crippen LogP contribution is -2.32. The smallest absolute Gasteiger partial charge is 0.252 e. The average molecular weight is 206 g/mol. The number of hydrogen-bond donors (Lipinski definition) is 1. The van der Waals surface area contributed by atoms with E-state index in [0.717, 1.165) is 25.9 Å². The third-order valence-electron chi connectivity index (χ3n) is 2.62. The van der Waals surface area contributed by atoms with Crippen LogP contribution in [0.2, 0.25) is 0 Å². The van der Waals surface area contributed by atoms with E-state index in [4.69, 9.17) is 5.73 Å². The van der Waals surface area contributed by atoms with E-state index in [-0.39, 0.29) is 0 Å². The lowest BCUT2D eigenvalue weighted by atomic mass is 10.1. The summed E-state index contributed by atoms with van der Waals surface area (Å²) in [5.41, 5.74) is 5.75. The van der Waals surface area contributed by atoms with Gasteiger partial charge < -0.3 is 10.6 Å². The van der Waals surface area contributed by atoms with Crippen molar-refractivity contribution in [3.63, 3.8) is 0 Å². The van der Waals surface area contributed by atoms with Crippen LogP contribution in [0.4, 0.5) is 5.82 Å². The number of anilines is 1. The molecule has 0 unspecified atom stereocenters. The maximum Gasteiger partial charge on any atom is 0.252 e. The molecular weight excluding hydrogens is 192 g/mol. The summed E-state index contributed by atoms with van der Waals surface area (Å²) in [7, 11) is 0. The summed E-state index contributed by atoms with van der Waals surface area (Å²) >= 11 is 0. The van der Waals surface area contributed by atoms with Gasteiger partial charge in [-0.15, -0.1) is 5.10 Å². The number of nitrogens with two attached hydrogens (primary N) is 1. The molecule has 1 aromatic rings. The molecule has 0 bridgehead atoms. The summed E-state index contributed by atoms with van der Waals surface area (Å²) in [4.78, 5) is 13.3. The quantitative estimate of drug-likeness (QED) is 0.767. The first-order valence-electron chi connectivity index (χ1n) is 5.15. The van der Waals surface area contributed by atoms with Crippen molar-refractivity contribution in [2.75, 3.05) is 18.0 Å². The molecule has 0 spiro atoms. The molecule has 1 aromatic heterocycles. The van der Waals surface area contributed by atoms with E-state index in [2.05, 4.69) is 15.1 Å². The van der Waals surface area contributed by atoms with Crippen LogP contribution in [-0.4, -0.2) is 29.2 Å². The van der Waals surface area contributed by atoms with Gasteiger partial charge in [-0.25, -0.2) is 0 Å². The van der Waals surface area contributed by atoms with Crippen molar-refractivity contribution in [1.82, 2.24) is 10.2 Å². The van der Waals surface area contributed by atoms with Crippen LogP contribution in [0.3, 0.4) is 0 Å². The Hall–Kier alpha value is -1.65. The highest BCUT2D eigenvalue weighted by atomic mass is 16.1. The number of carbonyl (C=O) groups excluding carboxylic acids is 1. The topological polar surface area (TPSA) is 72.1 Å². The van der Waals surface area contributed by atoms with Gasteiger partial charge in [0.25, 0.3) is 5.91 Å². The minimum atomic E-state index is -0.439. The number of amides is 1. The first kappa shape index (κ1) is 9.89. The van der Waals surface area contributed by atoms with Crippen molar-refractivity contribution in [2.24, 2.45) is 5.73 Å². The normalized spacial score (nSPS) is 16.4. The Bertz CT molecular complexity index is 360. The van der Waals surface area contributed by atoms with Crippen LogP contribution in [0, 0.1) is 0 Å². The lowest BCUT2D eigenvalue weighted by Gasteiger charge is -2.28. The van der Waals surface area contributed by atoms with E-state index >= 15 is 0 Å². The Morgan fingerprint density at radius 1 is 1.33 bits per heavy atom. The van der Waals surface area contributed by atoms with Gasteiger partial charge in [-0.2, -0.15) is 5.10 Å². The molecular formula is C10H14N4O. The highest BCUT2D eigenvalue weighted by Crippen LogP contribution is 2.20. The highest BCUT2D eigenvalue weighted by molar-refractivity contribution is 5.97. The molecule has 0 aliphatic carbocycles. The molecule has 2 rings (SSSR count). The summed E-state index contributed by atoms with van der Waals surface area (Å²) < 4.78 is 0. The molecule has 0 aromatic carbocycles. The molecule has 15 heavy (non-hydrogen) atoms. The number of piperidine rings is 1. The van der Waals surface area contributed by atoms with Crippen molar-refractivity contribution >= 4 is 11.7 Å². The number of nitrogens with zero attached hydrogens (tertiary/aromatic N) is 3. The Morgan fingerprint density at radius 3 is 2.73 bits per heavy atom. The molecule has 1 fully saturated rings. The molecule has 5 heteroatoms. The van der Waals surface area contributed by atoms with Gasteiger partial charge in [0.05, 0.1) is 11.8 Å². The molecule has 1 aliphatic rings. The standard InChI is InChI=1S/C10H14N4O/c11-9(15)8-4-5-12-13-10(8)14-6-2-1-3-7-14/h4-5H,1-3,6-7H2,(H2,11,15). The van der Waals surface area contributed by atoms with Crippen LogP contribution in [0.25, 0.3) is 0 Å². The number of hydrogen-bond acceptors (Lipinski definition) is 4.